The Labute approximate surface area is 146 Å². The highest BCUT2D eigenvalue weighted by molar-refractivity contribution is 5.92. The Kier molecular flexibility index (Phi) is 4.40. The van der Waals surface area contributed by atoms with E-state index in [9.17, 15) is 4.79 Å². The zero-order valence-corrected chi connectivity index (χ0v) is 14.0. The molecule has 130 valence electrons. The van der Waals surface area contributed by atoms with Gasteiger partial charge < -0.3 is 9.64 Å². The van der Waals surface area contributed by atoms with Gasteiger partial charge in [-0.25, -0.2) is 4.98 Å². The predicted molar refractivity (Wildman–Crippen MR) is 89.7 cm³/mol. The Balaban J connectivity index is 1.33. The molecule has 4 rings (SSSR count). The molecular weight excluding hydrogens is 318 g/mol. The molecule has 0 radical (unpaired) electrons. The summed E-state index contributed by atoms with van der Waals surface area (Å²) in [5, 5.41) is 0. The summed E-state index contributed by atoms with van der Waals surface area (Å²) in [6.45, 7) is 2.26. The molecule has 1 spiro atoms. The van der Waals surface area contributed by atoms with Crippen molar-refractivity contribution in [3.05, 3.63) is 48.6 Å². The molecule has 1 atom stereocenters. The number of nitrogens with zero attached hydrogens (tertiary/aromatic N) is 5. The molecule has 0 saturated carbocycles. The van der Waals surface area contributed by atoms with Crippen molar-refractivity contribution in [1.29, 1.82) is 0 Å². The molecule has 2 aromatic heterocycles. The summed E-state index contributed by atoms with van der Waals surface area (Å²) >= 11 is 0. The molecule has 4 heterocycles. The number of hydrogen-bond donors (Lipinski definition) is 0. The van der Waals surface area contributed by atoms with Crippen molar-refractivity contribution in [3.63, 3.8) is 0 Å². The molecule has 0 N–H and O–H groups in total. The molecule has 0 bridgehead atoms. The average molecular weight is 339 g/mol. The van der Waals surface area contributed by atoms with E-state index in [1.165, 1.54) is 6.20 Å². The third kappa shape index (κ3) is 3.51. The molecule has 7 heteroatoms. The largest absolute Gasteiger partial charge is 0.377 e. The van der Waals surface area contributed by atoms with Crippen molar-refractivity contribution in [3.8, 4) is 0 Å². The highest BCUT2D eigenvalue weighted by atomic mass is 16.5. The van der Waals surface area contributed by atoms with Crippen molar-refractivity contribution >= 4 is 5.91 Å². The summed E-state index contributed by atoms with van der Waals surface area (Å²) in [7, 11) is 0. The zero-order valence-electron chi connectivity index (χ0n) is 14.0. The summed E-state index contributed by atoms with van der Waals surface area (Å²) in [5.74, 6) is -0.0297. The predicted octanol–water partition coefficient (Wildman–Crippen LogP) is 1.52. The number of ether oxygens (including phenoxy) is 1. The van der Waals surface area contributed by atoms with E-state index in [0.29, 0.717) is 5.69 Å². The van der Waals surface area contributed by atoms with E-state index >= 15 is 0 Å². The van der Waals surface area contributed by atoms with E-state index in [0.717, 1.165) is 51.1 Å². The molecule has 0 aromatic carbocycles. The molecule has 2 aromatic rings. The molecule has 0 aliphatic carbocycles. The van der Waals surface area contributed by atoms with Crippen molar-refractivity contribution in [2.24, 2.45) is 5.41 Å². The smallest absolute Gasteiger partial charge is 0.274 e. The molecule has 2 aliphatic rings. The van der Waals surface area contributed by atoms with Crippen molar-refractivity contribution in [1.82, 2.24) is 24.8 Å². The zero-order chi connectivity index (χ0) is 17.1. The Bertz CT molecular complexity index is 717. The number of hydrogen-bond acceptors (Lipinski definition) is 6. The fraction of sp³-hybridized carbons (Fsp3) is 0.500. The lowest BCUT2D eigenvalue weighted by molar-refractivity contribution is 0.0491. The first-order valence-electron chi connectivity index (χ1n) is 8.66. The number of piperidine rings is 1. The second-order valence-electron chi connectivity index (χ2n) is 6.92. The maximum Gasteiger partial charge on any atom is 0.274 e. The van der Waals surface area contributed by atoms with Gasteiger partial charge in [-0.2, -0.15) is 0 Å². The van der Waals surface area contributed by atoms with Gasteiger partial charge in [0, 0.05) is 50.5 Å². The topological polar surface area (TPSA) is 81.1 Å². The van der Waals surface area contributed by atoms with Gasteiger partial charge in [-0.3, -0.25) is 19.7 Å². The van der Waals surface area contributed by atoms with Gasteiger partial charge in [-0.05, 0) is 24.7 Å². The van der Waals surface area contributed by atoms with Crippen LogP contribution in [0.15, 0.2) is 37.2 Å². The van der Waals surface area contributed by atoms with Gasteiger partial charge in [0.25, 0.3) is 5.91 Å². The van der Waals surface area contributed by atoms with Crippen LogP contribution >= 0.6 is 0 Å². The number of aromatic nitrogens is 4. The molecule has 2 saturated heterocycles. The summed E-state index contributed by atoms with van der Waals surface area (Å²) in [6, 6.07) is 0. The van der Waals surface area contributed by atoms with Crippen LogP contribution in [0.4, 0.5) is 0 Å². The minimum atomic E-state index is -0.0297. The van der Waals surface area contributed by atoms with Crippen LogP contribution in [0.2, 0.25) is 0 Å². The van der Waals surface area contributed by atoms with E-state index in [2.05, 4.69) is 19.9 Å². The molecule has 2 aliphatic heterocycles. The SMILES string of the molecule is O=C(c1cnccn1)N1CCC2(CC1)CO[C@H](Cc1cnccn1)C2. The Hall–Kier alpha value is -2.41. The second-order valence-corrected chi connectivity index (χ2v) is 6.92. The molecule has 0 unspecified atom stereocenters. The van der Waals surface area contributed by atoms with Gasteiger partial charge >= 0.3 is 0 Å². The average Bonchev–Trinajstić information content (AvgIpc) is 3.05. The summed E-state index contributed by atoms with van der Waals surface area (Å²) < 4.78 is 6.04. The number of likely N-dealkylation sites (tertiary alicyclic amines) is 1. The number of carbonyl (C=O) groups excluding carboxylic acids is 1. The van der Waals surface area contributed by atoms with Crippen molar-refractivity contribution in [2.75, 3.05) is 19.7 Å². The normalized spacial score (nSPS) is 22.2. The van der Waals surface area contributed by atoms with Gasteiger partial charge in [0.1, 0.15) is 5.69 Å². The first kappa shape index (κ1) is 16.1. The van der Waals surface area contributed by atoms with Crippen LogP contribution in [0.5, 0.6) is 0 Å². The molecule has 7 nitrogen and oxygen atoms in total. The lowest BCUT2D eigenvalue weighted by atomic mass is 9.76. The molecule has 25 heavy (non-hydrogen) atoms. The van der Waals surface area contributed by atoms with Crippen molar-refractivity contribution < 1.29 is 9.53 Å². The minimum absolute atomic E-state index is 0.0297. The Morgan fingerprint density at radius 3 is 2.56 bits per heavy atom. The lowest BCUT2D eigenvalue weighted by Gasteiger charge is -2.38. The number of rotatable bonds is 3. The fourth-order valence-electron chi connectivity index (χ4n) is 3.80. The number of amides is 1. The molecule has 1 amide bonds. The van der Waals surface area contributed by atoms with Crippen molar-refractivity contribution in [2.45, 2.75) is 31.8 Å². The summed E-state index contributed by atoms with van der Waals surface area (Å²) in [4.78, 5) is 30.9. The van der Waals surface area contributed by atoms with E-state index in [1.54, 1.807) is 31.0 Å². The van der Waals surface area contributed by atoms with E-state index < -0.39 is 0 Å². The maximum absolute atomic E-state index is 12.5. The van der Waals surface area contributed by atoms with Crippen LogP contribution < -0.4 is 0 Å². The highest BCUT2D eigenvalue weighted by Crippen LogP contribution is 2.42. The van der Waals surface area contributed by atoms with Gasteiger partial charge in [-0.1, -0.05) is 0 Å². The fourth-order valence-corrected chi connectivity index (χ4v) is 3.80. The first-order valence-corrected chi connectivity index (χ1v) is 8.66. The quantitative estimate of drug-likeness (QED) is 0.843. The Morgan fingerprint density at radius 2 is 1.88 bits per heavy atom. The number of carbonyl (C=O) groups is 1. The summed E-state index contributed by atoms with van der Waals surface area (Å²) in [5.41, 5.74) is 1.58. The first-order chi connectivity index (χ1) is 12.2. The minimum Gasteiger partial charge on any atom is -0.377 e. The van der Waals surface area contributed by atoms with Crippen LogP contribution in [0, 0.1) is 5.41 Å². The lowest BCUT2D eigenvalue weighted by Crippen LogP contribution is -2.43. The van der Waals surface area contributed by atoms with Crippen LogP contribution in [0.25, 0.3) is 0 Å². The molecule has 2 fully saturated rings. The van der Waals surface area contributed by atoms with Gasteiger partial charge in [0.15, 0.2) is 0 Å². The van der Waals surface area contributed by atoms with E-state index in [4.69, 9.17) is 4.74 Å². The highest BCUT2D eigenvalue weighted by Gasteiger charge is 2.43. The Morgan fingerprint density at radius 1 is 1.12 bits per heavy atom. The summed E-state index contributed by atoms with van der Waals surface area (Å²) in [6.07, 6.45) is 13.8. The van der Waals surface area contributed by atoms with E-state index in [1.807, 2.05) is 4.90 Å². The molecular formula is C18H21N5O2. The third-order valence-electron chi connectivity index (χ3n) is 5.23. The van der Waals surface area contributed by atoms with Gasteiger partial charge in [0.2, 0.25) is 0 Å². The monoisotopic (exact) mass is 339 g/mol. The van der Waals surface area contributed by atoms with E-state index in [-0.39, 0.29) is 17.4 Å². The third-order valence-corrected chi connectivity index (χ3v) is 5.23. The standard InChI is InChI=1S/C18H21N5O2/c24-17(16-12-20-4-6-22-16)23-7-1-18(2-8-23)10-15(25-13-18)9-14-11-19-3-5-21-14/h3-6,11-12,15H,1-2,7-10,13H2/t15-/m1/s1. The second kappa shape index (κ2) is 6.84. The van der Waals surface area contributed by atoms with Crippen LogP contribution in [-0.2, 0) is 11.2 Å². The van der Waals surface area contributed by atoms with Crippen LogP contribution in [0.3, 0.4) is 0 Å². The van der Waals surface area contributed by atoms with Crippen LogP contribution in [-0.4, -0.2) is 56.5 Å². The maximum atomic E-state index is 12.5. The van der Waals surface area contributed by atoms with Gasteiger partial charge in [0.05, 0.1) is 24.6 Å². The van der Waals surface area contributed by atoms with Crippen LogP contribution in [0.1, 0.15) is 35.4 Å². The van der Waals surface area contributed by atoms with Gasteiger partial charge in [-0.15, -0.1) is 0 Å².